The maximum atomic E-state index is 13.0. The Morgan fingerprint density at radius 2 is 1.55 bits per heavy atom. The molecular weight excluding hydrogens is 436 g/mol. The molecule has 0 saturated carbocycles. The van der Waals surface area contributed by atoms with E-state index in [1.54, 1.807) is 42.5 Å². The number of nitrogens with zero attached hydrogens (tertiary/aromatic N) is 1. The monoisotopic (exact) mass is 452 g/mol. The number of fused-ring (bicyclic) bond motifs is 1. The molecule has 0 aliphatic heterocycles. The number of hydrogen-bond acceptors (Lipinski definition) is 4. The summed E-state index contributed by atoms with van der Waals surface area (Å²) in [7, 11) is -3.86. The van der Waals surface area contributed by atoms with Gasteiger partial charge < -0.3 is 5.11 Å². The number of aromatic carboxylic acids is 1. The lowest BCUT2D eigenvalue weighted by Crippen LogP contribution is -2.13. The Hall–Kier alpha value is -4.59. The molecule has 0 aromatic heterocycles. The Bertz CT molecular complexity index is 1610. The summed E-state index contributed by atoms with van der Waals surface area (Å²) in [6.07, 6.45) is 0. The maximum Gasteiger partial charge on any atom is 0.337 e. The summed E-state index contributed by atoms with van der Waals surface area (Å²) in [4.78, 5) is 11.3. The molecule has 0 spiro atoms. The van der Waals surface area contributed by atoms with Crippen LogP contribution in [0.2, 0.25) is 0 Å². The molecule has 0 fully saturated rings. The van der Waals surface area contributed by atoms with Crippen molar-refractivity contribution in [3.63, 3.8) is 0 Å². The third-order valence-corrected chi connectivity index (χ3v) is 6.28. The summed E-state index contributed by atoms with van der Waals surface area (Å²) in [5.74, 6) is 4.57. The van der Waals surface area contributed by atoms with Crippen LogP contribution in [-0.2, 0) is 10.0 Å². The topological polar surface area (TPSA) is 107 Å². The minimum absolute atomic E-state index is 0.000378. The Morgan fingerprint density at radius 3 is 2.30 bits per heavy atom. The van der Waals surface area contributed by atoms with Crippen LogP contribution in [-0.4, -0.2) is 19.5 Å². The second-order valence-corrected chi connectivity index (χ2v) is 8.77. The van der Waals surface area contributed by atoms with Crippen LogP contribution in [0.4, 0.5) is 5.69 Å². The fraction of sp³-hybridized carbons (Fsp3) is 0. The predicted molar refractivity (Wildman–Crippen MR) is 125 cm³/mol. The number of carboxylic acids is 1. The highest BCUT2D eigenvalue weighted by Gasteiger charge is 2.16. The van der Waals surface area contributed by atoms with Gasteiger partial charge in [0.05, 0.1) is 21.7 Å². The van der Waals surface area contributed by atoms with Gasteiger partial charge >= 0.3 is 5.97 Å². The number of sulfonamides is 1. The molecule has 0 atom stereocenters. The van der Waals surface area contributed by atoms with E-state index >= 15 is 0 Å². The molecule has 0 aliphatic carbocycles. The van der Waals surface area contributed by atoms with Gasteiger partial charge in [-0.3, -0.25) is 4.72 Å². The average molecular weight is 452 g/mol. The summed E-state index contributed by atoms with van der Waals surface area (Å²) in [6, 6.07) is 25.1. The fourth-order valence-electron chi connectivity index (χ4n) is 3.26. The Labute approximate surface area is 190 Å². The van der Waals surface area contributed by atoms with E-state index in [1.165, 1.54) is 18.2 Å². The number of benzene rings is 4. The molecule has 6 nitrogen and oxygen atoms in total. The molecule has 4 rings (SSSR count). The number of nitriles is 1. The second-order valence-electron chi connectivity index (χ2n) is 7.09. The fourth-order valence-corrected chi connectivity index (χ4v) is 4.37. The van der Waals surface area contributed by atoms with Gasteiger partial charge in [-0.15, -0.1) is 0 Å². The van der Waals surface area contributed by atoms with Crippen molar-refractivity contribution in [2.24, 2.45) is 0 Å². The predicted octanol–water partition coefficient (Wildman–Crippen LogP) is 4.61. The summed E-state index contributed by atoms with van der Waals surface area (Å²) >= 11 is 0. The summed E-state index contributed by atoms with van der Waals surface area (Å²) in [5, 5.41) is 20.1. The van der Waals surface area contributed by atoms with Crippen molar-refractivity contribution in [3.8, 4) is 17.9 Å². The smallest absolute Gasteiger partial charge is 0.337 e. The first-order chi connectivity index (χ1) is 15.9. The van der Waals surface area contributed by atoms with Gasteiger partial charge in [0.15, 0.2) is 0 Å². The first-order valence-electron chi connectivity index (χ1n) is 9.77. The van der Waals surface area contributed by atoms with Crippen molar-refractivity contribution in [2.45, 2.75) is 4.90 Å². The van der Waals surface area contributed by atoms with Gasteiger partial charge in [0, 0.05) is 11.1 Å². The molecule has 160 valence electrons. The van der Waals surface area contributed by atoms with Gasteiger partial charge in [-0.1, -0.05) is 54.3 Å². The standard InChI is InChI=1S/C26H16N2O4S/c27-17-22-15-18(10-14-24(22)26(29)30)9-11-20-6-3-4-8-25(20)28-33(31,32)23-13-12-19-5-1-2-7-21(19)16-23/h1-8,10,12-16,28H,(H,29,30). The van der Waals surface area contributed by atoms with Crippen LogP contribution in [0.3, 0.4) is 0 Å². The van der Waals surface area contributed by atoms with Gasteiger partial charge in [-0.25, -0.2) is 13.2 Å². The van der Waals surface area contributed by atoms with Crippen LogP contribution >= 0.6 is 0 Å². The molecule has 0 aliphatic rings. The van der Waals surface area contributed by atoms with Crippen LogP contribution in [0.5, 0.6) is 0 Å². The van der Waals surface area contributed by atoms with Crippen molar-refractivity contribution in [1.29, 1.82) is 5.26 Å². The number of rotatable bonds is 4. The van der Waals surface area contributed by atoms with Crippen molar-refractivity contribution in [3.05, 3.63) is 107 Å². The molecule has 4 aromatic carbocycles. The Balaban J connectivity index is 1.66. The number of carbonyl (C=O) groups is 1. The zero-order valence-corrected chi connectivity index (χ0v) is 17.9. The lowest BCUT2D eigenvalue weighted by atomic mass is 10.0. The molecule has 2 N–H and O–H groups in total. The van der Waals surface area contributed by atoms with E-state index in [0.29, 0.717) is 16.8 Å². The van der Waals surface area contributed by atoms with Crippen LogP contribution in [0.15, 0.2) is 89.8 Å². The minimum Gasteiger partial charge on any atom is -0.478 e. The first kappa shape index (κ1) is 21.6. The van der Waals surface area contributed by atoms with Crippen molar-refractivity contribution < 1.29 is 18.3 Å². The second kappa shape index (κ2) is 8.88. The van der Waals surface area contributed by atoms with Crippen LogP contribution < -0.4 is 4.72 Å². The summed E-state index contributed by atoms with van der Waals surface area (Å²) in [6.45, 7) is 0. The van der Waals surface area contributed by atoms with E-state index in [9.17, 15) is 18.5 Å². The Morgan fingerprint density at radius 1 is 0.818 bits per heavy atom. The lowest BCUT2D eigenvalue weighted by Gasteiger charge is -2.10. The highest BCUT2D eigenvalue weighted by atomic mass is 32.2. The van der Waals surface area contributed by atoms with E-state index < -0.39 is 16.0 Å². The molecule has 0 bridgehead atoms. The lowest BCUT2D eigenvalue weighted by molar-refractivity contribution is 0.0696. The molecule has 0 saturated heterocycles. The van der Waals surface area contributed by atoms with E-state index in [1.807, 2.05) is 30.3 Å². The van der Waals surface area contributed by atoms with Gasteiger partial charge in [-0.05, 0) is 53.2 Å². The van der Waals surface area contributed by atoms with Crippen molar-refractivity contribution >= 4 is 32.5 Å². The third kappa shape index (κ3) is 4.69. The van der Waals surface area contributed by atoms with E-state index in [-0.39, 0.29) is 16.0 Å². The van der Waals surface area contributed by atoms with Gasteiger partial charge in [0.25, 0.3) is 10.0 Å². The summed E-state index contributed by atoms with van der Waals surface area (Å²) < 4.78 is 28.6. The van der Waals surface area contributed by atoms with Crippen molar-refractivity contribution in [1.82, 2.24) is 0 Å². The molecule has 0 amide bonds. The zero-order valence-electron chi connectivity index (χ0n) is 17.1. The molecule has 0 radical (unpaired) electrons. The van der Waals surface area contributed by atoms with Gasteiger partial charge in [0.2, 0.25) is 0 Å². The van der Waals surface area contributed by atoms with Crippen LogP contribution in [0.1, 0.15) is 27.0 Å². The van der Waals surface area contributed by atoms with E-state index in [2.05, 4.69) is 16.6 Å². The number of para-hydroxylation sites is 1. The van der Waals surface area contributed by atoms with Crippen LogP contribution in [0, 0.1) is 23.2 Å². The number of hydrogen-bond donors (Lipinski definition) is 2. The highest BCUT2D eigenvalue weighted by Crippen LogP contribution is 2.23. The summed E-state index contributed by atoms with van der Waals surface area (Å²) in [5.41, 5.74) is 1.07. The van der Waals surface area contributed by atoms with Crippen LogP contribution in [0.25, 0.3) is 10.8 Å². The SMILES string of the molecule is N#Cc1cc(C#Cc2ccccc2NS(=O)(=O)c2ccc3ccccc3c2)ccc1C(=O)O. The molecule has 0 heterocycles. The largest absolute Gasteiger partial charge is 0.478 e. The quantitative estimate of drug-likeness (QED) is 0.440. The molecule has 33 heavy (non-hydrogen) atoms. The third-order valence-electron chi connectivity index (χ3n) is 4.91. The Kier molecular flexibility index (Phi) is 5.82. The highest BCUT2D eigenvalue weighted by molar-refractivity contribution is 7.92. The minimum atomic E-state index is -3.86. The molecule has 0 unspecified atom stereocenters. The van der Waals surface area contributed by atoms with Crippen molar-refractivity contribution in [2.75, 3.05) is 4.72 Å². The average Bonchev–Trinajstić information content (AvgIpc) is 2.82. The van der Waals surface area contributed by atoms with E-state index in [0.717, 1.165) is 10.8 Å². The van der Waals surface area contributed by atoms with E-state index in [4.69, 9.17) is 5.11 Å². The number of nitrogens with one attached hydrogen (secondary N) is 1. The van der Waals surface area contributed by atoms with Gasteiger partial charge in [0.1, 0.15) is 6.07 Å². The molecule has 4 aromatic rings. The first-order valence-corrected chi connectivity index (χ1v) is 11.3. The number of carboxylic acid groups (broad SMARTS) is 1. The molecule has 7 heteroatoms. The normalized spacial score (nSPS) is 10.6. The number of anilines is 1. The molecular formula is C26H16N2O4S. The maximum absolute atomic E-state index is 13.0. The zero-order chi connectivity index (χ0) is 23.4. The van der Waals surface area contributed by atoms with Gasteiger partial charge in [-0.2, -0.15) is 5.26 Å².